The Hall–Kier alpha value is -2.53. The summed E-state index contributed by atoms with van der Waals surface area (Å²) in [6.07, 6.45) is 2.09. The van der Waals surface area contributed by atoms with Crippen LogP contribution in [0.4, 0.5) is 5.69 Å². The van der Waals surface area contributed by atoms with E-state index in [-0.39, 0.29) is 11.9 Å². The van der Waals surface area contributed by atoms with Crippen molar-refractivity contribution in [2.24, 2.45) is 0 Å². The lowest BCUT2D eigenvalue weighted by Gasteiger charge is -2.28. The van der Waals surface area contributed by atoms with Crippen LogP contribution in [-0.4, -0.2) is 45.2 Å². The van der Waals surface area contributed by atoms with Crippen molar-refractivity contribution < 1.29 is 14.3 Å². The lowest BCUT2D eigenvalue weighted by molar-refractivity contribution is -0.119. The van der Waals surface area contributed by atoms with Crippen molar-refractivity contribution >= 4 is 11.6 Å². The maximum absolute atomic E-state index is 12.8. The van der Waals surface area contributed by atoms with Gasteiger partial charge in [0.25, 0.3) is 0 Å². The molecule has 0 N–H and O–H groups in total. The Morgan fingerprint density at radius 1 is 1.15 bits per heavy atom. The number of likely N-dealkylation sites (tertiary alicyclic amines) is 1. The van der Waals surface area contributed by atoms with Gasteiger partial charge < -0.3 is 14.4 Å². The highest BCUT2D eigenvalue weighted by molar-refractivity contribution is 5.94. The number of rotatable bonds is 6. The number of ether oxygens (including phenoxy) is 2. The second-order valence-electron chi connectivity index (χ2n) is 6.52. The van der Waals surface area contributed by atoms with Crippen LogP contribution in [0.5, 0.6) is 11.5 Å². The molecule has 1 fully saturated rings. The Morgan fingerprint density at radius 3 is 2.62 bits per heavy atom. The highest BCUT2D eigenvalue weighted by Crippen LogP contribution is 2.38. The van der Waals surface area contributed by atoms with Gasteiger partial charge in [0.15, 0.2) is 0 Å². The zero-order valence-corrected chi connectivity index (χ0v) is 15.6. The molecule has 0 radical (unpaired) electrons. The highest BCUT2D eigenvalue weighted by atomic mass is 16.5. The maximum atomic E-state index is 12.8. The molecule has 1 aliphatic heterocycles. The van der Waals surface area contributed by atoms with E-state index < -0.39 is 0 Å². The summed E-state index contributed by atoms with van der Waals surface area (Å²) in [5, 5.41) is 0. The molecule has 1 saturated heterocycles. The maximum Gasteiger partial charge on any atom is 0.240 e. The predicted octanol–water partition coefficient (Wildman–Crippen LogP) is 3.50. The molecule has 0 aliphatic carbocycles. The van der Waals surface area contributed by atoms with Crippen molar-refractivity contribution in [3.63, 3.8) is 0 Å². The van der Waals surface area contributed by atoms with Crippen LogP contribution in [-0.2, 0) is 4.79 Å². The van der Waals surface area contributed by atoms with Crippen LogP contribution < -0.4 is 14.4 Å². The van der Waals surface area contributed by atoms with E-state index in [1.807, 2.05) is 55.6 Å². The molecule has 26 heavy (non-hydrogen) atoms. The molecule has 138 valence electrons. The van der Waals surface area contributed by atoms with Crippen LogP contribution in [0.15, 0.2) is 48.5 Å². The largest absolute Gasteiger partial charge is 0.497 e. The van der Waals surface area contributed by atoms with E-state index in [2.05, 4.69) is 4.90 Å². The Labute approximate surface area is 155 Å². The van der Waals surface area contributed by atoms with E-state index in [4.69, 9.17) is 9.47 Å². The molecule has 0 unspecified atom stereocenters. The van der Waals surface area contributed by atoms with E-state index >= 15 is 0 Å². The third-order valence-corrected chi connectivity index (χ3v) is 5.02. The minimum Gasteiger partial charge on any atom is -0.497 e. The zero-order valence-electron chi connectivity index (χ0n) is 15.6. The van der Waals surface area contributed by atoms with Gasteiger partial charge in [0.1, 0.15) is 11.5 Å². The molecule has 5 heteroatoms. The normalized spacial score (nSPS) is 17.1. The van der Waals surface area contributed by atoms with Gasteiger partial charge in [-0.25, -0.2) is 0 Å². The molecule has 1 atom stereocenters. The summed E-state index contributed by atoms with van der Waals surface area (Å²) in [7, 11) is 5.15. The van der Waals surface area contributed by atoms with E-state index in [9.17, 15) is 4.79 Å². The number of methoxy groups -OCH3 is 2. The Bertz CT molecular complexity index is 748. The number of carbonyl (C=O) groups excluding carboxylic acids is 1. The number of hydrogen-bond donors (Lipinski definition) is 0. The van der Waals surface area contributed by atoms with Gasteiger partial charge in [0, 0.05) is 30.4 Å². The van der Waals surface area contributed by atoms with Gasteiger partial charge in [-0.3, -0.25) is 9.69 Å². The summed E-state index contributed by atoms with van der Waals surface area (Å²) >= 11 is 0. The van der Waals surface area contributed by atoms with Gasteiger partial charge in [0.05, 0.1) is 20.8 Å². The van der Waals surface area contributed by atoms with E-state index in [0.717, 1.165) is 42.1 Å². The van der Waals surface area contributed by atoms with Crippen molar-refractivity contribution in [3.8, 4) is 11.5 Å². The zero-order chi connectivity index (χ0) is 18.5. The molecule has 1 heterocycles. The van der Waals surface area contributed by atoms with E-state index in [1.165, 1.54) is 0 Å². The fourth-order valence-electron chi connectivity index (χ4n) is 3.54. The van der Waals surface area contributed by atoms with Crippen LogP contribution in [0.1, 0.15) is 24.4 Å². The number of anilines is 1. The van der Waals surface area contributed by atoms with Crippen LogP contribution >= 0.6 is 0 Å². The van der Waals surface area contributed by atoms with Gasteiger partial charge in [0.2, 0.25) is 5.91 Å². The Morgan fingerprint density at radius 2 is 1.92 bits per heavy atom. The Kier molecular flexibility index (Phi) is 5.78. The molecule has 2 aromatic carbocycles. The van der Waals surface area contributed by atoms with E-state index in [0.29, 0.717) is 6.54 Å². The van der Waals surface area contributed by atoms with Crippen molar-refractivity contribution in [2.45, 2.75) is 18.9 Å². The number of amides is 1. The highest BCUT2D eigenvalue weighted by Gasteiger charge is 2.30. The molecule has 5 nitrogen and oxygen atoms in total. The molecule has 3 rings (SSSR count). The first-order valence-electron chi connectivity index (χ1n) is 8.91. The Balaban J connectivity index is 1.75. The van der Waals surface area contributed by atoms with Crippen molar-refractivity contribution in [2.75, 3.05) is 39.3 Å². The molecule has 1 amide bonds. The number of carbonyl (C=O) groups is 1. The van der Waals surface area contributed by atoms with Crippen molar-refractivity contribution in [1.29, 1.82) is 0 Å². The average Bonchev–Trinajstić information content (AvgIpc) is 3.15. The monoisotopic (exact) mass is 354 g/mol. The predicted molar refractivity (Wildman–Crippen MR) is 103 cm³/mol. The molecular formula is C21H26N2O3. The summed E-state index contributed by atoms with van der Waals surface area (Å²) in [5.41, 5.74) is 2.02. The molecule has 0 aromatic heterocycles. The van der Waals surface area contributed by atoms with Gasteiger partial charge in [-0.1, -0.05) is 24.3 Å². The van der Waals surface area contributed by atoms with Crippen LogP contribution in [0.3, 0.4) is 0 Å². The van der Waals surface area contributed by atoms with Crippen molar-refractivity contribution in [1.82, 2.24) is 4.90 Å². The first-order valence-corrected chi connectivity index (χ1v) is 8.91. The first kappa shape index (κ1) is 18.3. The van der Waals surface area contributed by atoms with Crippen LogP contribution in [0.25, 0.3) is 0 Å². The van der Waals surface area contributed by atoms with Gasteiger partial charge in [-0.05, 0) is 37.6 Å². The smallest absolute Gasteiger partial charge is 0.240 e. The topological polar surface area (TPSA) is 42.0 Å². The molecular weight excluding hydrogens is 328 g/mol. The summed E-state index contributed by atoms with van der Waals surface area (Å²) < 4.78 is 10.9. The molecule has 2 aromatic rings. The van der Waals surface area contributed by atoms with Gasteiger partial charge in [-0.15, -0.1) is 0 Å². The second kappa shape index (κ2) is 8.23. The standard InChI is InChI=1S/C21H26N2O3/c1-22(16-8-5-4-6-9-16)21(24)15-23-13-7-10-19(23)18-12-11-17(25-2)14-20(18)26-3/h4-6,8-9,11-12,14,19H,7,10,13,15H2,1-3H3/t19-/m1/s1. The van der Waals surface area contributed by atoms with Gasteiger partial charge >= 0.3 is 0 Å². The quantitative estimate of drug-likeness (QED) is 0.796. The van der Waals surface area contributed by atoms with E-state index in [1.54, 1.807) is 19.1 Å². The SMILES string of the molecule is COc1ccc([C@H]2CCCN2CC(=O)N(C)c2ccccc2)c(OC)c1. The third-order valence-electron chi connectivity index (χ3n) is 5.02. The second-order valence-corrected chi connectivity index (χ2v) is 6.52. The lowest BCUT2D eigenvalue weighted by atomic mass is 10.0. The lowest BCUT2D eigenvalue weighted by Crippen LogP contribution is -2.38. The van der Waals surface area contributed by atoms with Crippen molar-refractivity contribution in [3.05, 3.63) is 54.1 Å². The number of benzene rings is 2. The first-order chi connectivity index (χ1) is 12.6. The number of likely N-dealkylation sites (N-methyl/N-ethyl adjacent to an activating group) is 1. The van der Waals surface area contributed by atoms with Gasteiger partial charge in [-0.2, -0.15) is 0 Å². The summed E-state index contributed by atoms with van der Waals surface area (Å²) in [6, 6.07) is 15.8. The molecule has 0 saturated carbocycles. The summed E-state index contributed by atoms with van der Waals surface area (Å²) in [4.78, 5) is 16.7. The summed E-state index contributed by atoms with van der Waals surface area (Å²) in [5.74, 6) is 1.68. The van der Waals surface area contributed by atoms with Crippen LogP contribution in [0, 0.1) is 0 Å². The minimum atomic E-state index is 0.0931. The molecule has 1 aliphatic rings. The number of para-hydroxylation sites is 1. The summed E-state index contributed by atoms with van der Waals surface area (Å²) in [6.45, 7) is 1.31. The average molecular weight is 354 g/mol. The number of nitrogens with zero attached hydrogens (tertiary/aromatic N) is 2. The van der Waals surface area contributed by atoms with Crippen LogP contribution in [0.2, 0.25) is 0 Å². The fraction of sp³-hybridized carbons (Fsp3) is 0.381. The number of hydrogen-bond acceptors (Lipinski definition) is 4. The fourth-order valence-corrected chi connectivity index (χ4v) is 3.54. The minimum absolute atomic E-state index is 0.0931. The molecule has 0 bridgehead atoms. The molecule has 0 spiro atoms. The third kappa shape index (κ3) is 3.83.